The molecule has 0 saturated carbocycles. The summed E-state index contributed by atoms with van der Waals surface area (Å²) in [4.78, 5) is 23.2. The summed E-state index contributed by atoms with van der Waals surface area (Å²) in [5.74, 6) is -0.493. The maximum atomic E-state index is 11.9. The van der Waals surface area contributed by atoms with Crippen LogP contribution in [0.1, 0.15) is 22.3 Å². The third kappa shape index (κ3) is 4.34. The van der Waals surface area contributed by atoms with E-state index in [9.17, 15) is 9.59 Å². The molecule has 0 atom stereocenters. The van der Waals surface area contributed by atoms with Crippen LogP contribution in [0.3, 0.4) is 0 Å². The van der Waals surface area contributed by atoms with Crippen molar-refractivity contribution >= 4 is 23.3 Å². The number of ether oxygens (including phenoxy) is 1. The van der Waals surface area contributed by atoms with Crippen LogP contribution in [0.2, 0.25) is 0 Å². The largest absolute Gasteiger partial charge is 0.465 e. The Labute approximate surface area is 129 Å². The molecule has 2 aromatic carbocycles. The number of amides is 1. The first-order valence-corrected chi connectivity index (χ1v) is 6.91. The number of nitrogen functional groups attached to an aromatic ring is 1. The smallest absolute Gasteiger partial charge is 0.337 e. The molecule has 2 aromatic rings. The van der Waals surface area contributed by atoms with Gasteiger partial charge in [-0.05, 0) is 48.4 Å². The summed E-state index contributed by atoms with van der Waals surface area (Å²) in [6.07, 6.45) is 0.985. The van der Waals surface area contributed by atoms with Gasteiger partial charge >= 0.3 is 5.97 Å². The van der Waals surface area contributed by atoms with Crippen molar-refractivity contribution in [1.29, 1.82) is 0 Å². The van der Waals surface area contributed by atoms with E-state index in [4.69, 9.17) is 5.73 Å². The van der Waals surface area contributed by atoms with Gasteiger partial charge in [-0.1, -0.05) is 12.1 Å². The summed E-state index contributed by atoms with van der Waals surface area (Å²) in [5.41, 5.74) is 8.50. The van der Waals surface area contributed by atoms with Crippen LogP contribution in [0.5, 0.6) is 0 Å². The lowest BCUT2D eigenvalue weighted by atomic mass is 10.1. The molecule has 2 rings (SSSR count). The van der Waals surface area contributed by atoms with E-state index in [0.717, 1.165) is 5.56 Å². The zero-order chi connectivity index (χ0) is 15.9. The Balaban J connectivity index is 1.88. The van der Waals surface area contributed by atoms with E-state index in [2.05, 4.69) is 10.1 Å². The van der Waals surface area contributed by atoms with E-state index >= 15 is 0 Å². The van der Waals surface area contributed by atoms with E-state index < -0.39 is 5.97 Å². The van der Waals surface area contributed by atoms with Crippen LogP contribution >= 0.6 is 0 Å². The summed E-state index contributed by atoms with van der Waals surface area (Å²) in [6.45, 7) is 0. The van der Waals surface area contributed by atoms with Gasteiger partial charge in [0.05, 0.1) is 12.7 Å². The molecule has 3 N–H and O–H groups in total. The lowest BCUT2D eigenvalue weighted by Gasteiger charge is -2.06. The monoisotopic (exact) mass is 298 g/mol. The lowest BCUT2D eigenvalue weighted by Crippen LogP contribution is -2.12. The summed E-state index contributed by atoms with van der Waals surface area (Å²) < 4.78 is 4.62. The molecule has 0 bridgehead atoms. The Hall–Kier alpha value is -2.82. The number of aryl methyl sites for hydroxylation is 1. The molecule has 5 heteroatoms. The van der Waals surface area contributed by atoms with Gasteiger partial charge in [-0.2, -0.15) is 0 Å². The van der Waals surface area contributed by atoms with Gasteiger partial charge in [0.2, 0.25) is 5.91 Å². The van der Waals surface area contributed by atoms with E-state index in [1.54, 1.807) is 24.3 Å². The van der Waals surface area contributed by atoms with Gasteiger partial charge in [0, 0.05) is 17.8 Å². The highest BCUT2D eigenvalue weighted by Crippen LogP contribution is 2.12. The van der Waals surface area contributed by atoms with Crippen LogP contribution in [-0.2, 0) is 16.0 Å². The quantitative estimate of drug-likeness (QED) is 0.656. The average Bonchev–Trinajstić information content (AvgIpc) is 2.53. The van der Waals surface area contributed by atoms with Crippen LogP contribution in [0.25, 0.3) is 0 Å². The fourth-order valence-electron chi connectivity index (χ4n) is 2.04. The highest BCUT2D eigenvalue weighted by Gasteiger charge is 2.06. The van der Waals surface area contributed by atoms with Crippen molar-refractivity contribution in [1.82, 2.24) is 0 Å². The second-order valence-electron chi connectivity index (χ2n) is 4.86. The van der Waals surface area contributed by atoms with Crippen molar-refractivity contribution in [2.24, 2.45) is 0 Å². The van der Waals surface area contributed by atoms with Gasteiger partial charge in [-0.3, -0.25) is 4.79 Å². The number of nitrogens with one attached hydrogen (secondary N) is 1. The first kappa shape index (κ1) is 15.6. The second-order valence-corrected chi connectivity index (χ2v) is 4.86. The fraction of sp³-hybridized carbons (Fsp3) is 0.176. The number of hydrogen-bond acceptors (Lipinski definition) is 4. The third-order valence-electron chi connectivity index (χ3n) is 3.18. The van der Waals surface area contributed by atoms with Crippen molar-refractivity contribution in [2.45, 2.75) is 12.8 Å². The molecule has 0 aliphatic rings. The normalized spacial score (nSPS) is 10.0. The standard InChI is InChI=1S/C17H18N2O3/c1-22-17(21)13-6-8-15(9-7-13)19-16(20)10-5-12-3-2-4-14(18)11-12/h2-4,6-9,11H,5,10,18H2,1H3,(H,19,20). The predicted octanol–water partition coefficient (Wildman–Crippen LogP) is 2.63. The van der Waals surface area contributed by atoms with Crippen molar-refractivity contribution in [2.75, 3.05) is 18.2 Å². The first-order valence-electron chi connectivity index (χ1n) is 6.91. The number of carbonyl (C=O) groups excluding carboxylic acids is 2. The maximum absolute atomic E-state index is 11.9. The van der Waals surface area contributed by atoms with Gasteiger partial charge < -0.3 is 15.8 Å². The number of rotatable bonds is 5. The van der Waals surface area contributed by atoms with Crippen molar-refractivity contribution in [3.8, 4) is 0 Å². The molecule has 1 amide bonds. The number of esters is 1. The number of carbonyl (C=O) groups is 2. The zero-order valence-corrected chi connectivity index (χ0v) is 12.3. The third-order valence-corrected chi connectivity index (χ3v) is 3.18. The van der Waals surface area contributed by atoms with Crippen LogP contribution in [-0.4, -0.2) is 19.0 Å². The Kier molecular flexibility index (Phi) is 5.14. The molecule has 0 spiro atoms. The van der Waals surface area contributed by atoms with Crippen molar-refractivity contribution < 1.29 is 14.3 Å². The molecule has 0 unspecified atom stereocenters. The highest BCUT2D eigenvalue weighted by atomic mass is 16.5. The van der Waals surface area contributed by atoms with E-state index in [1.807, 2.05) is 24.3 Å². The number of nitrogens with two attached hydrogens (primary N) is 1. The number of methoxy groups -OCH3 is 1. The van der Waals surface area contributed by atoms with Gasteiger partial charge in [0.1, 0.15) is 0 Å². The first-order chi connectivity index (χ1) is 10.6. The Morgan fingerprint density at radius 1 is 1.14 bits per heavy atom. The second kappa shape index (κ2) is 7.26. The number of anilines is 2. The number of benzene rings is 2. The fourth-order valence-corrected chi connectivity index (χ4v) is 2.04. The van der Waals surface area contributed by atoms with E-state index in [1.165, 1.54) is 7.11 Å². The summed E-state index contributed by atoms with van der Waals surface area (Å²) in [7, 11) is 1.33. The van der Waals surface area contributed by atoms with Gasteiger partial charge in [-0.25, -0.2) is 4.79 Å². The summed E-state index contributed by atoms with van der Waals surface area (Å²) in [6, 6.07) is 14.0. The van der Waals surface area contributed by atoms with E-state index in [0.29, 0.717) is 29.8 Å². The summed E-state index contributed by atoms with van der Waals surface area (Å²) in [5, 5.41) is 2.79. The van der Waals surface area contributed by atoms with Crippen LogP contribution in [0.15, 0.2) is 48.5 Å². The Morgan fingerprint density at radius 3 is 2.50 bits per heavy atom. The molecule has 114 valence electrons. The molecule has 0 radical (unpaired) electrons. The lowest BCUT2D eigenvalue weighted by molar-refractivity contribution is -0.116. The number of hydrogen-bond donors (Lipinski definition) is 2. The molecule has 0 aliphatic heterocycles. The predicted molar refractivity (Wildman–Crippen MR) is 85.6 cm³/mol. The topological polar surface area (TPSA) is 81.4 Å². The summed E-state index contributed by atoms with van der Waals surface area (Å²) >= 11 is 0. The minimum absolute atomic E-state index is 0.0896. The molecule has 0 aliphatic carbocycles. The van der Waals surface area contributed by atoms with Crippen molar-refractivity contribution in [3.63, 3.8) is 0 Å². The van der Waals surface area contributed by atoms with Gasteiger partial charge in [0.15, 0.2) is 0 Å². The van der Waals surface area contributed by atoms with Crippen LogP contribution in [0.4, 0.5) is 11.4 Å². The molecule has 5 nitrogen and oxygen atoms in total. The van der Waals surface area contributed by atoms with Crippen LogP contribution < -0.4 is 11.1 Å². The van der Waals surface area contributed by atoms with Crippen LogP contribution in [0, 0.1) is 0 Å². The highest BCUT2D eigenvalue weighted by molar-refractivity contribution is 5.93. The molecule has 22 heavy (non-hydrogen) atoms. The Bertz CT molecular complexity index is 666. The van der Waals surface area contributed by atoms with Gasteiger partial charge in [0.25, 0.3) is 0 Å². The van der Waals surface area contributed by atoms with Crippen molar-refractivity contribution in [3.05, 3.63) is 59.7 Å². The SMILES string of the molecule is COC(=O)c1ccc(NC(=O)CCc2cccc(N)c2)cc1. The zero-order valence-electron chi connectivity index (χ0n) is 12.3. The molecular formula is C17H18N2O3. The van der Waals surface area contributed by atoms with E-state index in [-0.39, 0.29) is 5.91 Å². The molecule has 0 aromatic heterocycles. The average molecular weight is 298 g/mol. The molecule has 0 heterocycles. The molecular weight excluding hydrogens is 280 g/mol. The maximum Gasteiger partial charge on any atom is 0.337 e. The minimum atomic E-state index is -0.403. The Morgan fingerprint density at radius 2 is 1.86 bits per heavy atom. The molecule has 0 saturated heterocycles. The van der Waals surface area contributed by atoms with Gasteiger partial charge in [-0.15, -0.1) is 0 Å². The minimum Gasteiger partial charge on any atom is -0.465 e. The molecule has 0 fully saturated rings.